The van der Waals surface area contributed by atoms with Crippen LogP contribution >= 0.6 is 0 Å². The van der Waals surface area contributed by atoms with Crippen molar-refractivity contribution >= 4 is 11.9 Å². The molecular weight excluding hydrogens is 306 g/mol. The highest BCUT2D eigenvalue weighted by Gasteiger charge is 2.22. The number of H-pyrrole nitrogens is 1. The molecule has 2 aromatic heterocycles. The van der Waals surface area contributed by atoms with Gasteiger partial charge in [0.05, 0.1) is 13.1 Å². The summed E-state index contributed by atoms with van der Waals surface area (Å²) < 4.78 is 0. The summed E-state index contributed by atoms with van der Waals surface area (Å²) in [5.74, 6) is 1.68. The van der Waals surface area contributed by atoms with Gasteiger partial charge in [0.15, 0.2) is 0 Å². The van der Waals surface area contributed by atoms with Crippen LogP contribution in [0.3, 0.4) is 0 Å². The summed E-state index contributed by atoms with van der Waals surface area (Å²) in [4.78, 5) is 34.4. The summed E-state index contributed by atoms with van der Waals surface area (Å²) in [5, 5.41) is 0. The summed E-state index contributed by atoms with van der Waals surface area (Å²) in [6.07, 6.45) is 5.28. The van der Waals surface area contributed by atoms with E-state index in [2.05, 4.69) is 29.7 Å². The molecule has 1 saturated heterocycles. The van der Waals surface area contributed by atoms with Gasteiger partial charge in [0.1, 0.15) is 5.82 Å². The van der Waals surface area contributed by atoms with E-state index in [1.54, 1.807) is 23.5 Å². The Morgan fingerprint density at radius 1 is 1.21 bits per heavy atom. The molecule has 0 saturated carbocycles. The average molecular weight is 329 g/mol. The summed E-state index contributed by atoms with van der Waals surface area (Å²) in [7, 11) is 1.81. The van der Waals surface area contributed by atoms with Crippen molar-refractivity contribution in [3.05, 3.63) is 36.2 Å². The lowest BCUT2D eigenvalue weighted by atomic mass is 10.3. The minimum Gasteiger partial charge on any atom is -0.345 e. The van der Waals surface area contributed by atoms with Gasteiger partial charge in [-0.25, -0.2) is 15.0 Å². The van der Waals surface area contributed by atoms with Crippen LogP contribution in [0.25, 0.3) is 0 Å². The second kappa shape index (κ2) is 7.39. The summed E-state index contributed by atoms with van der Waals surface area (Å²) >= 11 is 0. The van der Waals surface area contributed by atoms with Crippen LogP contribution < -0.4 is 4.90 Å². The number of likely N-dealkylation sites (N-methyl/N-ethyl adjacent to an activating group) is 1. The number of imidazole rings is 1. The fraction of sp³-hybridized carbons (Fsp3) is 0.500. The van der Waals surface area contributed by atoms with Crippen molar-refractivity contribution in [2.45, 2.75) is 13.5 Å². The zero-order valence-corrected chi connectivity index (χ0v) is 14.1. The van der Waals surface area contributed by atoms with Gasteiger partial charge < -0.3 is 14.8 Å². The number of nitrogens with zero attached hydrogens (tertiary/aromatic N) is 6. The van der Waals surface area contributed by atoms with E-state index in [0.717, 1.165) is 43.6 Å². The highest BCUT2D eigenvalue weighted by Crippen LogP contribution is 2.10. The Morgan fingerprint density at radius 2 is 1.92 bits per heavy atom. The van der Waals surface area contributed by atoms with Crippen LogP contribution in [-0.4, -0.2) is 75.4 Å². The smallest absolute Gasteiger partial charge is 0.236 e. The number of anilines is 1. The number of aromatic nitrogens is 4. The van der Waals surface area contributed by atoms with Crippen molar-refractivity contribution in [3.8, 4) is 0 Å². The zero-order chi connectivity index (χ0) is 16.9. The van der Waals surface area contributed by atoms with Gasteiger partial charge in [-0.2, -0.15) is 0 Å². The Hall–Kier alpha value is -2.48. The van der Waals surface area contributed by atoms with Gasteiger partial charge >= 0.3 is 0 Å². The van der Waals surface area contributed by atoms with E-state index in [-0.39, 0.29) is 5.91 Å². The largest absolute Gasteiger partial charge is 0.345 e. The number of piperazine rings is 1. The molecule has 8 nitrogen and oxygen atoms in total. The standard InChI is InChI=1S/C16H23N7O/c1-13-10-19-14(20-13)11-21(2)15(24)12-22-6-8-23(9-7-22)16-17-4-3-5-18-16/h3-5,10H,6-9,11-12H2,1-2H3,(H,19,20). The lowest BCUT2D eigenvalue weighted by Crippen LogP contribution is -2.50. The quantitative estimate of drug-likeness (QED) is 0.849. The molecule has 0 radical (unpaired) electrons. The number of amides is 1. The predicted molar refractivity (Wildman–Crippen MR) is 90.5 cm³/mol. The maximum absolute atomic E-state index is 12.4. The van der Waals surface area contributed by atoms with E-state index < -0.39 is 0 Å². The van der Waals surface area contributed by atoms with E-state index in [1.807, 2.05) is 20.0 Å². The lowest BCUT2D eigenvalue weighted by molar-refractivity contribution is -0.131. The second-order valence-corrected chi connectivity index (χ2v) is 6.07. The molecule has 1 fully saturated rings. The monoisotopic (exact) mass is 329 g/mol. The molecule has 3 rings (SSSR count). The first-order chi connectivity index (χ1) is 11.6. The number of rotatable bonds is 5. The fourth-order valence-electron chi connectivity index (χ4n) is 2.73. The van der Waals surface area contributed by atoms with Crippen molar-refractivity contribution in [3.63, 3.8) is 0 Å². The molecule has 128 valence electrons. The maximum Gasteiger partial charge on any atom is 0.236 e. The minimum atomic E-state index is 0.105. The Kier molecular flexibility index (Phi) is 5.05. The molecule has 1 aliphatic heterocycles. The molecule has 1 aliphatic rings. The summed E-state index contributed by atoms with van der Waals surface area (Å²) in [6.45, 7) is 6.21. The van der Waals surface area contributed by atoms with Crippen molar-refractivity contribution in [2.75, 3.05) is 44.7 Å². The Labute approximate surface area is 141 Å². The number of hydrogen-bond donors (Lipinski definition) is 1. The number of hydrogen-bond acceptors (Lipinski definition) is 6. The second-order valence-electron chi connectivity index (χ2n) is 6.07. The first-order valence-corrected chi connectivity index (χ1v) is 8.10. The summed E-state index contributed by atoms with van der Waals surface area (Å²) in [6, 6.07) is 1.81. The van der Waals surface area contributed by atoms with Gasteiger partial charge in [-0.05, 0) is 13.0 Å². The molecule has 1 amide bonds. The van der Waals surface area contributed by atoms with E-state index >= 15 is 0 Å². The Morgan fingerprint density at radius 3 is 2.54 bits per heavy atom. The van der Waals surface area contributed by atoms with Gasteiger partial charge in [0, 0.05) is 57.5 Å². The van der Waals surface area contributed by atoms with Crippen molar-refractivity contribution < 1.29 is 4.79 Å². The van der Waals surface area contributed by atoms with Crippen LogP contribution in [0.1, 0.15) is 11.5 Å². The lowest BCUT2D eigenvalue weighted by Gasteiger charge is -2.34. The fourth-order valence-corrected chi connectivity index (χ4v) is 2.73. The molecule has 8 heteroatoms. The minimum absolute atomic E-state index is 0.105. The third-order valence-corrected chi connectivity index (χ3v) is 4.13. The number of aromatic amines is 1. The number of carbonyl (C=O) groups is 1. The van der Waals surface area contributed by atoms with Crippen LogP contribution in [0.4, 0.5) is 5.95 Å². The van der Waals surface area contributed by atoms with Crippen LogP contribution in [0.5, 0.6) is 0 Å². The highest BCUT2D eigenvalue weighted by molar-refractivity contribution is 5.77. The molecule has 0 aliphatic carbocycles. The van der Waals surface area contributed by atoms with Crippen molar-refractivity contribution in [2.24, 2.45) is 0 Å². The number of nitrogens with one attached hydrogen (secondary N) is 1. The van der Waals surface area contributed by atoms with Gasteiger partial charge in [0.25, 0.3) is 0 Å². The molecule has 3 heterocycles. The Bertz CT molecular complexity index is 664. The van der Waals surface area contributed by atoms with Crippen LogP contribution in [0.15, 0.2) is 24.7 Å². The topological polar surface area (TPSA) is 81.2 Å². The van der Waals surface area contributed by atoms with Crippen molar-refractivity contribution in [1.29, 1.82) is 0 Å². The number of carbonyl (C=O) groups excluding carboxylic acids is 1. The zero-order valence-electron chi connectivity index (χ0n) is 14.1. The maximum atomic E-state index is 12.4. The van der Waals surface area contributed by atoms with Crippen molar-refractivity contribution in [1.82, 2.24) is 29.7 Å². The molecule has 0 bridgehead atoms. The average Bonchev–Trinajstić information content (AvgIpc) is 3.01. The molecule has 0 atom stereocenters. The molecule has 0 spiro atoms. The third kappa shape index (κ3) is 4.08. The van der Waals surface area contributed by atoms with Gasteiger partial charge in [-0.1, -0.05) is 0 Å². The van der Waals surface area contributed by atoms with Crippen LogP contribution in [0.2, 0.25) is 0 Å². The molecule has 1 N–H and O–H groups in total. The van der Waals surface area contributed by atoms with E-state index in [9.17, 15) is 4.79 Å². The van der Waals surface area contributed by atoms with Crippen LogP contribution in [-0.2, 0) is 11.3 Å². The van der Waals surface area contributed by atoms with E-state index in [0.29, 0.717) is 13.1 Å². The van der Waals surface area contributed by atoms with E-state index in [1.165, 1.54) is 0 Å². The molecule has 24 heavy (non-hydrogen) atoms. The summed E-state index contributed by atoms with van der Waals surface area (Å²) in [5.41, 5.74) is 1.00. The molecular formula is C16H23N7O. The number of aryl methyl sites for hydroxylation is 1. The van der Waals surface area contributed by atoms with Crippen LogP contribution in [0, 0.1) is 6.92 Å². The van der Waals surface area contributed by atoms with Gasteiger partial charge in [0.2, 0.25) is 11.9 Å². The predicted octanol–water partition coefficient (Wildman–Crippen LogP) is 0.289. The first kappa shape index (κ1) is 16.4. The van der Waals surface area contributed by atoms with Gasteiger partial charge in [-0.3, -0.25) is 9.69 Å². The molecule has 0 aromatic carbocycles. The molecule has 2 aromatic rings. The molecule has 0 unspecified atom stereocenters. The Balaban J connectivity index is 1.46. The van der Waals surface area contributed by atoms with E-state index in [4.69, 9.17) is 0 Å². The SMILES string of the molecule is Cc1cnc(CN(C)C(=O)CN2CCN(c3ncccn3)CC2)[nH]1. The third-order valence-electron chi connectivity index (χ3n) is 4.13. The normalized spacial score (nSPS) is 15.5. The highest BCUT2D eigenvalue weighted by atomic mass is 16.2. The first-order valence-electron chi connectivity index (χ1n) is 8.10. The van der Waals surface area contributed by atoms with Gasteiger partial charge in [-0.15, -0.1) is 0 Å².